The first-order valence-electron chi connectivity index (χ1n) is 9.18. The van der Waals surface area contributed by atoms with E-state index in [0.29, 0.717) is 48.2 Å². The number of aromatic nitrogens is 1. The second kappa shape index (κ2) is 8.21. The molecule has 10 heteroatoms. The molecule has 1 aliphatic heterocycles. The van der Waals surface area contributed by atoms with E-state index < -0.39 is 15.7 Å². The molecule has 1 aromatic heterocycles. The predicted molar refractivity (Wildman–Crippen MR) is 112 cm³/mol. The first kappa shape index (κ1) is 20.6. The monoisotopic (exact) mass is 448 g/mol. The Kier molecular flexibility index (Phi) is 5.63. The second-order valence-corrected chi connectivity index (χ2v) is 9.73. The Morgan fingerprint density at radius 1 is 1.17 bits per heavy atom. The minimum atomic E-state index is -3.34. The van der Waals surface area contributed by atoms with Crippen LogP contribution >= 0.6 is 11.3 Å². The van der Waals surface area contributed by atoms with E-state index in [1.54, 1.807) is 43.5 Å². The Bertz CT molecular complexity index is 1290. The number of ether oxygens (including phenoxy) is 3. The van der Waals surface area contributed by atoms with Crippen LogP contribution in [0.4, 0.5) is 0 Å². The maximum atomic E-state index is 12.8. The van der Waals surface area contributed by atoms with E-state index >= 15 is 0 Å². The van der Waals surface area contributed by atoms with Crippen LogP contribution < -0.4 is 14.3 Å². The summed E-state index contributed by atoms with van der Waals surface area (Å²) in [6, 6.07) is 9.85. The zero-order valence-corrected chi connectivity index (χ0v) is 18.1. The van der Waals surface area contributed by atoms with Crippen molar-refractivity contribution in [1.82, 2.24) is 4.57 Å². The van der Waals surface area contributed by atoms with Gasteiger partial charge in [0.2, 0.25) is 0 Å². The van der Waals surface area contributed by atoms with Crippen molar-refractivity contribution in [1.29, 1.82) is 0 Å². The third kappa shape index (κ3) is 4.11. The SMILES string of the molecule is COCCn1c(=NC(=O)c2ccc3c(c2)OCCO3)sc2cc(S(C)(=O)=O)ccc21. The summed E-state index contributed by atoms with van der Waals surface area (Å²) in [6.07, 6.45) is 1.16. The summed E-state index contributed by atoms with van der Waals surface area (Å²) >= 11 is 1.26. The molecule has 0 fully saturated rings. The minimum Gasteiger partial charge on any atom is -0.486 e. The highest BCUT2D eigenvalue weighted by atomic mass is 32.2. The molecule has 0 unspecified atom stereocenters. The van der Waals surface area contributed by atoms with E-state index in [0.717, 1.165) is 16.5 Å². The van der Waals surface area contributed by atoms with E-state index in [4.69, 9.17) is 14.2 Å². The molecule has 0 radical (unpaired) electrons. The fourth-order valence-electron chi connectivity index (χ4n) is 3.10. The van der Waals surface area contributed by atoms with Gasteiger partial charge in [0.1, 0.15) is 13.2 Å². The van der Waals surface area contributed by atoms with Gasteiger partial charge in [-0.2, -0.15) is 4.99 Å². The van der Waals surface area contributed by atoms with Crippen molar-refractivity contribution in [2.45, 2.75) is 11.4 Å². The number of nitrogens with zero attached hydrogens (tertiary/aromatic N) is 2. The molecule has 0 bridgehead atoms. The molecular formula is C20H20N2O6S2. The lowest BCUT2D eigenvalue weighted by atomic mass is 10.2. The van der Waals surface area contributed by atoms with Crippen LogP contribution in [-0.4, -0.2) is 52.1 Å². The Morgan fingerprint density at radius 2 is 1.93 bits per heavy atom. The zero-order valence-electron chi connectivity index (χ0n) is 16.5. The van der Waals surface area contributed by atoms with Crippen LogP contribution in [0.1, 0.15) is 10.4 Å². The number of amides is 1. The van der Waals surface area contributed by atoms with Gasteiger partial charge in [-0.25, -0.2) is 8.42 Å². The second-order valence-electron chi connectivity index (χ2n) is 6.71. The number of hydrogen-bond acceptors (Lipinski definition) is 7. The molecule has 3 aromatic rings. The van der Waals surface area contributed by atoms with Gasteiger partial charge in [-0.3, -0.25) is 4.79 Å². The highest BCUT2D eigenvalue weighted by Crippen LogP contribution is 2.31. The number of carbonyl (C=O) groups is 1. The Morgan fingerprint density at radius 3 is 2.67 bits per heavy atom. The van der Waals surface area contributed by atoms with Crippen LogP contribution in [0, 0.1) is 0 Å². The number of rotatable bonds is 5. The number of benzene rings is 2. The molecule has 158 valence electrons. The molecule has 4 rings (SSSR count). The lowest BCUT2D eigenvalue weighted by Crippen LogP contribution is -2.19. The fraction of sp³-hybridized carbons (Fsp3) is 0.300. The van der Waals surface area contributed by atoms with E-state index in [2.05, 4.69) is 4.99 Å². The van der Waals surface area contributed by atoms with Crippen molar-refractivity contribution in [3.63, 3.8) is 0 Å². The van der Waals surface area contributed by atoms with E-state index in [1.807, 2.05) is 4.57 Å². The molecule has 2 heterocycles. The summed E-state index contributed by atoms with van der Waals surface area (Å²) in [5, 5.41) is 0. The molecule has 1 aliphatic rings. The Balaban J connectivity index is 1.79. The van der Waals surface area contributed by atoms with Crippen molar-refractivity contribution in [2.75, 3.05) is 33.2 Å². The van der Waals surface area contributed by atoms with Crippen LogP contribution in [0.3, 0.4) is 0 Å². The quantitative estimate of drug-likeness (QED) is 0.594. The molecule has 0 saturated heterocycles. The molecule has 2 aromatic carbocycles. The average molecular weight is 449 g/mol. The van der Waals surface area contributed by atoms with Gasteiger partial charge in [-0.1, -0.05) is 11.3 Å². The third-order valence-corrected chi connectivity index (χ3v) is 6.74. The summed E-state index contributed by atoms with van der Waals surface area (Å²) in [5.74, 6) is 0.694. The third-order valence-electron chi connectivity index (χ3n) is 4.59. The lowest BCUT2D eigenvalue weighted by molar-refractivity contribution is 0.0996. The minimum absolute atomic E-state index is 0.222. The summed E-state index contributed by atoms with van der Waals surface area (Å²) in [4.78, 5) is 17.8. The van der Waals surface area contributed by atoms with Crippen molar-refractivity contribution in [3.05, 3.63) is 46.8 Å². The average Bonchev–Trinajstić information content (AvgIpc) is 3.07. The van der Waals surface area contributed by atoms with Gasteiger partial charge in [0.05, 0.1) is 21.7 Å². The maximum Gasteiger partial charge on any atom is 0.279 e. The number of thiazole rings is 1. The fourth-order valence-corrected chi connectivity index (χ4v) is 4.91. The molecule has 0 aliphatic carbocycles. The molecule has 30 heavy (non-hydrogen) atoms. The van der Waals surface area contributed by atoms with Gasteiger partial charge in [-0.15, -0.1) is 0 Å². The highest BCUT2D eigenvalue weighted by Gasteiger charge is 2.16. The van der Waals surface area contributed by atoms with Gasteiger partial charge in [0, 0.05) is 25.5 Å². The largest absolute Gasteiger partial charge is 0.486 e. The van der Waals surface area contributed by atoms with Crippen molar-refractivity contribution >= 4 is 37.3 Å². The molecule has 0 atom stereocenters. The van der Waals surface area contributed by atoms with Crippen LogP contribution in [0.5, 0.6) is 11.5 Å². The molecule has 0 spiro atoms. The number of sulfone groups is 1. The smallest absolute Gasteiger partial charge is 0.279 e. The number of fused-ring (bicyclic) bond motifs is 2. The van der Waals surface area contributed by atoms with Gasteiger partial charge < -0.3 is 18.8 Å². The van der Waals surface area contributed by atoms with Crippen molar-refractivity contribution < 1.29 is 27.4 Å². The van der Waals surface area contributed by atoms with Crippen LogP contribution in [0.2, 0.25) is 0 Å². The summed E-state index contributed by atoms with van der Waals surface area (Å²) < 4.78 is 42.6. The van der Waals surface area contributed by atoms with Crippen LogP contribution in [-0.2, 0) is 21.1 Å². The lowest BCUT2D eigenvalue weighted by Gasteiger charge is -2.18. The summed E-state index contributed by atoms with van der Waals surface area (Å²) in [5.41, 5.74) is 1.17. The van der Waals surface area contributed by atoms with E-state index in [9.17, 15) is 13.2 Å². The number of carbonyl (C=O) groups excluding carboxylic acids is 1. The number of methoxy groups -OCH3 is 1. The summed E-state index contributed by atoms with van der Waals surface area (Å²) in [7, 11) is -1.75. The van der Waals surface area contributed by atoms with Crippen LogP contribution in [0.15, 0.2) is 46.3 Å². The van der Waals surface area contributed by atoms with Crippen LogP contribution in [0.25, 0.3) is 10.2 Å². The first-order chi connectivity index (χ1) is 14.4. The first-order valence-corrected chi connectivity index (χ1v) is 11.9. The normalized spacial score (nSPS) is 14.3. The molecule has 0 N–H and O–H groups in total. The molecule has 1 amide bonds. The van der Waals surface area contributed by atoms with Crippen molar-refractivity contribution in [3.8, 4) is 11.5 Å². The van der Waals surface area contributed by atoms with Crippen molar-refractivity contribution in [2.24, 2.45) is 4.99 Å². The Labute approximate surface area is 177 Å². The van der Waals surface area contributed by atoms with Gasteiger partial charge in [0.15, 0.2) is 26.1 Å². The van der Waals surface area contributed by atoms with E-state index in [-0.39, 0.29) is 4.90 Å². The Hall–Kier alpha value is -2.69. The standard InChI is InChI=1S/C20H20N2O6S2/c1-26-8-7-22-15-5-4-14(30(2,24)25)12-18(15)29-20(22)21-19(23)13-3-6-16-17(11-13)28-10-9-27-16/h3-6,11-12H,7-10H2,1-2H3. The zero-order chi connectivity index (χ0) is 21.3. The highest BCUT2D eigenvalue weighted by molar-refractivity contribution is 7.90. The molecule has 0 saturated carbocycles. The maximum absolute atomic E-state index is 12.8. The molecular weight excluding hydrogens is 428 g/mol. The predicted octanol–water partition coefficient (Wildman–Crippen LogP) is 2.26. The molecule has 8 nitrogen and oxygen atoms in total. The van der Waals surface area contributed by atoms with E-state index in [1.165, 1.54) is 11.3 Å². The summed E-state index contributed by atoms with van der Waals surface area (Å²) in [6.45, 7) is 1.80. The number of hydrogen-bond donors (Lipinski definition) is 0. The van der Waals surface area contributed by atoms with Gasteiger partial charge >= 0.3 is 0 Å². The van der Waals surface area contributed by atoms with Gasteiger partial charge in [-0.05, 0) is 36.4 Å². The topological polar surface area (TPSA) is 96.2 Å². The van der Waals surface area contributed by atoms with Gasteiger partial charge in [0.25, 0.3) is 5.91 Å².